The van der Waals surface area contributed by atoms with Crippen LogP contribution in [0.3, 0.4) is 0 Å². The average molecular weight is 392 g/mol. The van der Waals surface area contributed by atoms with E-state index in [-0.39, 0.29) is 0 Å². The topological polar surface area (TPSA) is 40.5 Å². The van der Waals surface area contributed by atoms with Gasteiger partial charge in [-0.3, -0.25) is 0 Å². The Balaban J connectivity index is 1.59. The van der Waals surface area contributed by atoms with Crippen LogP contribution in [-0.2, 0) is 25.7 Å². The summed E-state index contributed by atoms with van der Waals surface area (Å²) < 4.78 is 0. The molecule has 4 aliphatic rings. The molecule has 0 spiro atoms. The summed E-state index contributed by atoms with van der Waals surface area (Å²) in [5, 5.41) is 20.9. The van der Waals surface area contributed by atoms with Crippen molar-refractivity contribution in [1.29, 1.82) is 0 Å². The summed E-state index contributed by atoms with van der Waals surface area (Å²) in [5.41, 5.74) is 9.05. The van der Waals surface area contributed by atoms with Crippen LogP contribution in [-0.4, -0.2) is 10.2 Å². The molecular weight excluding hydrogens is 368 g/mol. The first-order valence-corrected chi connectivity index (χ1v) is 10.5. The van der Waals surface area contributed by atoms with Gasteiger partial charge in [0.2, 0.25) is 0 Å². The van der Waals surface area contributed by atoms with Crippen LogP contribution < -0.4 is 0 Å². The highest BCUT2D eigenvalue weighted by atomic mass is 16.3. The first-order chi connectivity index (χ1) is 14.7. The van der Waals surface area contributed by atoms with Crippen LogP contribution in [0.25, 0.3) is 22.3 Å². The molecule has 148 valence electrons. The van der Waals surface area contributed by atoms with Crippen LogP contribution in [0.15, 0.2) is 84.9 Å². The van der Waals surface area contributed by atoms with Gasteiger partial charge in [0.25, 0.3) is 0 Å². The van der Waals surface area contributed by atoms with Crippen molar-refractivity contribution in [2.75, 3.05) is 0 Å². The Morgan fingerprint density at radius 3 is 1.30 bits per heavy atom. The average Bonchev–Trinajstić information content (AvgIpc) is 2.76. The lowest BCUT2D eigenvalue weighted by atomic mass is 9.87. The van der Waals surface area contributed by atoms with Gasteiger partial charge in [-0.15, -0.1) is 0 Å². The lowest BCUT2D eigenvalue weighted by Crippen LogP contribution is -2.02. The van der Waals surface area contributed by atoms with E-state index in [1.54, 1.807) is 12.1 Å². The minimum absolute atomic E-state index is 0.327. The maximum atomic E-state index is 10.4. The minimum atomic E-state index is 0.327. The number of rotatable bonds is 2. The van der Waals surface area contributed by atoms with Crippen LogP contribution in [0, 0.1) is 0 Å². The third-order valence-electron chi connectivity index (χ3n) is 6.10. The highest BCUT2D eigenvalue weighted by molar-refractivity contribution is 5.75. The number of phenolic OH excluding ortho intramolecular Hbond substituents is 2. The van der Waals surface area contributed by atoms with Crippen molar-refractivity contribution in [3.8, 4) is 33.8 Å². The summed E-state index contributed by atoms with van der Waals surface area (Å²) in [7, 11) is 0. The molecule has 0 fully saturated rings. The smallest absolute Gasteiger partial charge is 0.123 e. The predicted molar refractivity (Wildman–Crippen MR) is 122 cm³/mol. The fourth-order valence-electron chi connectivity index (χ4n) is 4.46. The molecule has 0 unspecified atom stereocenters. The summed E-state index contributed by atoms with van der Waals surface area (Å²) >= 11 is 0. The number of hydrogen-bond donors (Lipinski definition) is 2. The van der Waals surface area contributed by atoms with Gasteiger partial charge >= 0.3 is 0 Å². The molecule has 8 rings (SSSR count). The molecule has 2 N–H and O–H groups in total. The zero-order valence-corrected chi connectivity index (χ0v) is 16.8. The van der Waals surface area contributed by atoms with E-state index in [9.17, 15) is 10.2 Å². The van der Waals surface area contributed by atoms with Crippen LogP contribution >= 0.6 is 0 Å². The van der Waals surface area contributed by atoms with Crippen LogP contribution in [0.1, 0.15) is 22.3 Å². The van der Waals surface area contributed by atoms with Gasteiger partial charge < -0.3 is 10.2 Å². The molecular formula is C28H24O2. The standard InChI is InChI=1S/C28H24O2/c29-27-7-3-1-5-23(27)25-17-19-9-13-21(25)15-11-20-10-14-22(16-12-19)26(18-20)24-6-2-4-8-28(24)30/h1-10,13-14,17-18,29-30H,11-12,15-16H2. The fourth-order valence-corrected chi connectivity index (χ4v) is 4.46. The van der Waals surface area contributed by atoms with Gasteiger partial charge in [-0.05, 0) is 71.2 Å². The second kappa shape index (κ2) is 7.72. The molecule has 0 saturated carbocycles. The highest BCUT2D eigenvalue weighted by Crippen LogP contribution is 2.36. The van der Waals surface area contributed by atoms with Crippen molar-refractivity contribution in [1.82, 2.24) is 0 Å². The molecule has 0 radical (unpaired) electrons. The lowest BCUT2D eigenvalue weighted by Gasteiger charge is -2.18. The van der Waals surface area contributed by atoms with Gasteiger partial charge in [0, 0.05) is 11.1 Å². The van der Waals surface area contributed by atoms with Crippen LogP contribution in [0.4, 0.5) is 0 Å². The number of para-hydroxylation sites is 2. The third kappa shape index (κ3) is 3.46. The Labute approximate surface area is 177 Å². The van der Waals surface area contributed by atoms with E-state index < -0.39 is 0 Å². The molecule has 0 amide bonds. The SMILES string of the molecule is Oc1ccccc1-c1cc2ccc1CCc1ccc(c(-c3ccccc3O)c1)CC2. The summed E-state index contributed by atoms with van der Waals surface area (Å²) in [6, 6.07) is 28.5. The molecule has 0 heterocycles. The van der Waals surface area contributed by atoms with E-state index >= 15 is 0 Å². The summed E-state index contributed by atoms with van der Waals surface area (Å²) in [5.74, 6) is 0.654. The zero-order valence-electron chi connectivity index (χ0n) is 16.8. The summed E-state index contributed by atoms with van der Waals surface area (Å²) in [6.07, 6.45) is 3.59. The van der Waals surface area contributed by atoms with Gasteiger partial charge in [0.1, 0.15) is 11.5 Å². The molecule has 0 aromatic heterocycles. The Kier molecular flexibility index (Phi) is 4.76. The van der Waals surface area contributed by atoms with Gasteiger partial charge in [-0.2, -0.15) is 0 Å². The number of phenols is 2. The Morgan fingerprint density at radius 2 is 0.867 bits per heavy atom. The Morgan fingerprint density at radius 1 is 0.433 bits per heavy atom. The first kappa shape index (κ1) is 18.5. The predicted octanol–water partition coefficient (Wildman–Crippen LogP) is 6.32. The van der Waals surface area contributed by atoms with Gasteiger partial charge in [0.15, 0.2) is 0 Å². The maximum Gasteiger partial charge on any atom is 0.123 e. The quantitative estimate of drug-likeness (QED) is 0.419. The van der Waals surface area contributed by atoms with Crippen molar-refractivity contribution in [3.05, 3.63) is 107 Å². The Bertz CT molecular complexity index is 1130. The second-order valence-electron chi connectivity index (χ2n) is 8.02. The van der Waals surface area contributed by atoms with Crippen LogP contribution in [0.5, 0.6) is 11.5 Å². The van der Waals surface area contributed by atoms with E-state index in [0.717, 1.165) is 47.9 Å². The van der Waals surface area contributed by atoms with E-state index in [0.29, 0.717) is 11.5 Å². The number of aromatic hydroxyl groups is 2. The molecule has 0 atom stereocenters. The van der Waals surface area contributed by atoms with Crippen molar-refractivity contribution in [2.24, 2.45) is 0 Å². The molecule has 4 bridgehead atoms. The highest BCUT2D eigenvalue weighted by Gasteiger charge is 2.15. The van der Waals surface area contributed by atoms with Crippen molar-refractivity contribution >= 4 is 0 Å². The molecule has 30 heavy (non-hydrogen) atoms. The number of benzene rings is 4. The molecule has 4 aliphatic carbocycles. The lowest BCUT2D eigenvalue weighted by molar-refractivity contribution is 0.477. The minimum Gasteiger partial charge on any atom is -0.507 e. The van der Waals surface area contributed by atoms with Crippen LogP contribution in [0.2, 0.25) is 0 Å². The van der Waals surface area contributed by atoms with Gasteiger partial charge in [0.05, 0.1) is 0 Å². The second-order valence-corrected chi connectivity index (χ2v) is 8.02. The maximum absolute atomic E-state index is 10.4. The molecule has 4 aromatic carbocycles. The van der Waals surface area contributed by atoms with Crippen molar-refractivity contribution in [2.45, 2.75) is 25.7 Å². The van der Waals surface area contributed by atoms with E-state index in [1.807, 2.05) is 36.4 Å². The molecule has 0 saturated heterocycles. The van der Waals surface area contributed by atoms with Crippen molar-refractivity contribution < 1.29 is 10.2 Å². The number of aryl methyl sites for hydroxylation is 4. The van der Waals surface area contributed by atoms with E-state index in [2.05, 4.69) is 36.4 Å². The first-order valence-electron chi connectivity index (χ1n) is 10.5. The summed E-state index contributed by atoms with van der Waals surface area (Å²) in [6.45, 7) is 0. The van der Waals surface area contributed by atoms with Crippen molar-refractivity contribution in [3.63, 3.8) is 0 Å². The zero-order chi connectivity index (χ0) is 20.5. The number of hydrogen-bond acceptors (Lipinski definition) is 2. The van der Waals surface area contributed by atoms with E-state index in [1.165, 1.54) is 22.3 Å². The third-order valence-corrected chi connectivity index (χ3v) is 6.10. The Hall–Kier alpha value is -3.52. The van der Waals surface area contributed by atoms with E-state index in [4.69, 9.17) is 0 Å². The molecule has 2 heteroatoms. The largest absolute Gasteiger partial charge is 0.507 e. The molecule has 4 aromatic rings. The fraction of sp³-hybridized carbons (Fsp3) is 0.143. The van der Waals surface area contributed by atoms with Gasteiger partial charge in [-0.1, -0.05) is 72.8 Å². The normalized spacial score (nSPS) is 13.1. The van der Waals surface area contributed by atoms with Gasteiger partial charge in [-0.25, -0.2) is 0 Å². The molecule has 0 aliphatic heterocycles. The summed E-state index contributed by atoms with van der Waals surface area (Å²) in [4.78, 5) is 0. The monoisotopic (exact) mass is 392 g/mol. The molecule has 2 nitrogen and oxygen atoms in total.